The van der Waals surface area contributed by atoms with E-state index < -0.39 is 29.3 Å². The normalized spacial score (nSPS) is 16.6. The van der Waals surface area contributed by atoms with Gasteiger partial charge in [0.05, 0.1) is 26.7 Å². The summed E-state index contributed by atoms with van der Waals surface area (Å²) in [6, 6.07) is 10.0. The Morgan fingerprint density at radius 1 is 1.17 bits per heavy atom. The number of hydrogen-bond acceptors (Lipinski definition) is 7. The molecule has 148 valence electrons. The highest BCUT2D eigenvalue weighted by atomic mass is 32.1. The minimum atomic E-state index is -0.875. The maximum absolute atomic E-state index is 13.6. The number of thiophene rings is 1. The van der Waals surface area contributed by atoms with Crippen molar-refractivity contribution in [2.75, 3.05) is 4.90 Å². The topological polar surface area (TPSA) is 83.4 Å². The van der Waals surface area contributed by atoms with Crippen LogP contribution in [0.15, 0.2) is 71.6 Å². The fraction of sp³-hybridized carbons (Fsp3) is 0.0476. The van der Waals surface area contributed by atoms with Gasteiger partial charge in [-0.25, -0.2) is 9.37 Å². The van der Waals surface area contributed by atoms with E-state index in [2.05, 4.69) is 9.97 Å². The number of carbonyl (C=O) groups excluding carboxylic acids is 2. The second-order valence-electron chi connectivity index (χ2n) is 6.54. The van der Waals surface area contributed by atoms with Crippen molar-refractivity contribution >= 4 is 49.7 Å². The lowest BCUT2D eigenvalue weighted by molar-refractivity contribution is -0.117. The van der Waals surface area contributed by atoms with Crippen LogP contribution in [0.5, 0.6) is 0 Å². The minimum Gasteiger partial charge on any atom is -0.503 e. The molecule has 4 heterocycles. The van der Waals surface area contributed by atoms with Gasteiger partial charge in [-0.2, -0.15) is 0 Å². The predicted molar refractivity (Wildman–Crippen MR) is 112 cm³/mol. The van der Waals surface area contributed by atoms with Crippen LogP contribution >= 0.6 is 22.7 Å². The Labute approximate surface area is 177 Å². The molecule has 4 aromatic rings. The van der Waals surface area contributed by atoms with Gasteiger partial charge in [-0.15, -0.1) is 11.3 Å². The number of carbonyl (C=O) groups is 2. The number of aromatic nitrogens is 2. The average molecular weight is 437 g/mol. The molecule has 0 fully saturated rings. The van der Waals surface area contributed by atoms with Gasteiger partial charge < -0.3 is 5.11 Å². The van der Waals surface area contributed by atoms with Crippen molar-refractivity contribution in [1.29, 1.82) is 0 Å². The van der Waals surface area contributed by atoms with Gasteiger partial charge in [0.25, 0.3) is 5.91 Å². The van der Waals surface area contributed by atoms with Gasteiger partial charge in [0.2, 0.25) is 5.78 Å². The van der Waals surface area contributed by atoms with Crippen LogP contribution in [0.3, 0.4) is 0 Å². The number of aliphatic hydroxyl groups is 1. The molecule has 9 heteroatoms. The number of fused-ring (bicyclic) bond motifs is 1. The van der Waals surface area contributed by atoms with Crippen LogP contribution < -0.4 is 4.90 Å². The maximum Gasteiger partial charge on any atom is 0.296 e. The Bertz CT molecular complexity index is 1320. The quantitative estimate of drug-likeness (QED) is 0.469. The summed E-state index contributed by atoms with van der Waals surface area (Å²) in [6.07, 6.45) is 3.10. The molecule has 3 aromatic heterocycles. The van der Waals surface area contributed by atoms with Gasteiger partial charge >= 0.3 is 0 Å². The van der Waals surface area contributed by atoms with E-state index in [0.29, 0.717) is 20.7 Å². The second kappa shape index (κ2) is 7.12. The number of benzene rings is 1. The van der Waals surface area contributed by atoms with Crippen molar-refractivity contribution in [3.05, 3.63) is 87.8 Å². The van der Waals surface area contributed by atoms with Gasteiger partial charge in [-0.1, -0.05) is 17.4 Å². The first-order valence-corrected chi connectivity index (χ1v) is 10.5. The summed E-state index contributed by atoms with van der Waals surface area (Å²) in [6.45, 7) is 0. The van der Waals surface area contributed by atoms with Crippen LogP contribution in [-0.4, -0.2) is 26.8 Å². The zero-order valence-corrected chi connectivity index (χ0v) is 16.8. The van der Waals surface area contributed by atoms with E-state index in [0.717, 1.165) is 11.3 Å². The zero-order chi connectivity index (χ0) is 20.8. The fourth-order valence-electron chi connectivity index (χ4n) is 3.43. The second-order valence-corrected chi connectivity index (χ2v) is 8.49. The largest absolute Gasteiger partial charge is 0.503 e. The van der Waals surface area contributed by atoms with Gasteiger partial charge in [0.15, 0.2) is 10.9 Å². The molecule has 0 spiro atoms. The average Bonchev–Trinajstić information content (AvgIpc) is 3.47. The highest BCUT2D eigenvalue weighted by Gasteiger charge is 2.46. The van der Waals surface area contributed by atoms with E-state index in [-0.39, 0.29) is 10.7 Å². The lowest BCUT2D eigenvalue weighted by atomic mass is 9.96. The van der Waals surface area contributed by atoms with Crippen LogP contribution in [0.1, 0.15) is 21.3 Å². The molecule has 1 aromatic carbocycles. The van der Waals surface area contributed by atoms with E-state index in [9.17, 15) is 19.1 Å². The molecule has 1 N–H and O–H groups in total. The molecule has 30 heavy (non-hydrogen) atoms. The molecule has 0 saturated heterocycles. The summed E-state index contributed by atoms with van der Waals surface area (Å²) >= 11 is 2.35. The SMILES string of the molecule is O=C(C1=C(O)C(=O)N(c2nc3ccc(F)cc3s2)C1c1ccncc1)c1cccs1. The number of aliphatic hydroxyl groups excluding tert-OH is 1. The Balaban J connectivity index is 1.68. The van der Waals surface area contributed by atoms with E-state index in [1.807, 2.05) is 0 Å². The van der Waals surface area contributed by atoms with E-state index in [4.69, 9.17) is 0 Å². The number of anilines is 1. The Morgan fingerprint density at radius 2 is 1.97 bits per heavy atom. The summed E-state index contributed by atoms with van der Waals surface area (Å²) in [5.74, 6) is -2.17. The molecule has 0 bridgehead atoms. The highest BCUT2D eigenvalue weighted by Crippen LogP contribution is 2.44. The van der Waals surface area contributed by atoms with Gasteiger partial charge in [-0.05, 0) is 47.3 Å². The smallest absolute Gasteiger partial charge is 0.296 e. The zero-order valence-electron chi connectivity index (χ0n) is 15.2. The van der Waals surface area contributed by atoms with Crippen LogP contribution in [0.4, 0.5) is 9.52 Å². The molecule has 1 aliphatic heterocycles. The van der Waals surface area contributed by atoms with E-state index in [1.54, 1.807) is 42.0 Å². The first-order chi connectivity index (χ1) is 14.5. The molecule has 1 aliphatic rings. The summed E-state index contributed by atoms with van der Waals surface area (Å²) in [4.78, 5) is 36.4. The van der Waals surface area contributed by atoms with Crippen molar-refractivity contribution in [2.24, 2.45) is 0 Å². The summed E-state index contributed by atoms with van der Waals surface area (Å²) in [5.41, 5.74) is 1.11. The number of ketones is 1. The fourth-order valence-corrected chi connectivity index (χ4v) is 5.12. The first kappa shape index (κ1) is 18.6. The van der Waals surface area contributed by atoms with E-state index in [1.165, 1.54) is 34.4 Å². The van der Waals surface area contributed by atoms with E-state index >= 15 is 0 Å². The van der Waals surface area contributed by atoms with Gasteiger partial charge in [-0.3, -0.25) is 19.5 Å². The number of pyridine rings is 1. The standard InChI is InChI=1S/C21H12FN3O3S2/c22-12-3-4-13-15(10-12)30-21(24-13)25-17(11-5-7-23-8-6-11)16(19(27)20(25)28)18(26)14-2-1-9-29-14/h1-10,17,27H. The van der Waals surface area contributed by atoms with Crippen LogP contribution in [0.2, 0.25) is 0 Å². The molecule has 5 rings (SSSR count). The number of nitrogens with zero attached hydrogens (tertiary/aromatic N) is 3. The third kappa shape index (κ3) is 2.90. The van der Waals surface area contributed by atoms with Crippen molar-refractivity contribution < 1.29 is 19.1 Å². The van der Waals surface area contributed by atoms with Crippen LogP contribution in [0, 0.1) is 5.82 Å². The molecule has 1 amide bonds. The summed E-state index contributed by atoms with van der Waals surface area (Å²) in [5, 5.41) is 12.7. The number of Topliss-reactive ketones (excluding diaryl/α,β-unsaturated/α-hetero) is 1. The van der Waals surface area contributed by atoms with Crippen molar-refractivity contribution in [3.63, 3.8) is 0 Å². The van der Waals surface area contributed by atoms with Crippen molar-refractivity contribution in [1.82, 2.24) is 9.97 Å². The maximum atomic E-state index is 13.6. The third-order valence-corrected chi connectivity index (χ3v) is 6.65. The van der Waals surface area contributed by atoms with Crippen LogP contribution in [0.25, 0.3) is 10.2 Å². The van der Waals surface area contributed by atoms with Crippen molar-refractivity contribution in [2.45, 2.75) is 6.04 Å². The number of halogens is 1. The summed E-state index contributed by atoms with van der Waals surface area (Å²) < 4.78 is 14.2. The number of thiazole rings is 1. The van der Waals surface area contributed by atoms with Crippen LogP contribution in [-0.2, 0) is 4.79 Å². The molecular weight excluding hydrogens is 425 g/mol. The third-order valence-electron chi connectivity index (χ3n) is 4.76. The molecule has 1 unspecified atom stereocenters. The Hall–Kier alpha value is -3.43. The number of hydrogen-bond donors (Lipinski definition) is 1. The summed E-state index contributed by atoms with van der Waals surface area (Å²) in [7, 11) is 0. The highest BCUT2D eigenvalue weighted by molar-refractivity contribution is 7.22. The molecule has 0 aliphatic carbocycles. The predicted octanol–water partition coefficient (Wildman–Crippen LogP) is 4.67. The first-order valence-electron chi connectivity index (χ1n) is 8.85. The molecule has 0 saturated carbocycles. The molecule has 0 radical (unpaired) electrons. The lowest BCUT2D eigenvalue weighted by Gasteiger charge is -2.24. The molecule has 6 nitrogen and oxygen atoms in total. The number of amides is 1. The monoisotopic (exact) mass is 437 g/mol. The van der Waals surface area contributed by atoms with Gasteiger partial charge in [0.1, 0.15) is 5.82 Å². The van der Waals surface area contributed by atoms with Crippen molar-refractivity contribution in [3.8, 4) is 0 Å². The lowest BCUT2D eigenvalue weighted by Crippen LogP contribution is -2.30. The Morgan fingerprint density at radius 3 is 2.70 bits per heavy atom. The molecule has 1 atom stereocenters. The van der Waals surface area contributed by atoms with Gasteiger partial charge in [0, 0.05) is 12.4 Å². The molecular formula is C21H12FN3O3S2. The number of rotatable bonds is 4. The Kier molecular flexibility index (Phi) is 4.41. The minimum absolute atomic E-state index is 0.0147.